The molecule has 2 nitrogen and oxygen atoms in total. The van der Waals surface area contributed by atoms with Gasteiger partial charge in [-0.25, -0.2) is 0 Å². The molecule has 0 spiro atoms. The molecule has 0 aliphatic heterocycles. The highest BCUT2D eigenvalue weighted by Crippen LogP contribution is 2.26. The first kappa shape index (κ1) is 9.74. The molecule has 0 bridgehead atoms. The second-order valence-corrected chi connectivity index (χ2v) is 2.34. The number of ether oxygens (including phenoxy) is 1. The number of hydrogen-bond donors (Lipinski definition) is 0. The topological polar surface area (TPSA) is 26.3 Å². The van der Waals surface area contributed by atoms with Crippen molar-refractivity contribution in [2.24, 2.45) is 0 Å². The third-order valence-corrected chi connectivity index (χ3v) is 1.59. The van der Waals surface area contributed by atoms with E-state index in [2.05, 4.69) is 20.7 Å². The van der Waals surface area contributed by atoms with Gasteiger partial charge in [-0.15, -0.1) is 0 Å². The maximum absolute atomic E-state index is 11.5. The highest BCUT2D eigenvalue weighted by Gasteiger charge is 2.43. The molecule has 0 rings (SSSR count). The van der Waals surface area contributed by atoms with Gasteiger partial charge in [-0.1, -0.05) is 15.9 Å². The minimum Gasteiger partial charge on any atom is -0.468 e. The summed E-state index contributed by atoms with van der Waals surface area (Å²) in [7, 11) is 0.891. The van der Waals surface area contributed by atoms with Crippen LogP contribution in [-0.2, 0) is 9.53 Å². The second-order valence-electron chi connectivity index (χ2n) is 1.43. The molecule has 0 aliphatic rings. The van der Waals surface area contributed by atoms with E-state index in [1.807, 2.05) is 0 Å². The summed E-state index contributed by atoms with van der Waals surface area (Å²) in [6, 6.07) is 0. The fraction of sp³-hybridized carbons (Fsp3) is 0.750. The molecule has 0 amide bonds. The van der Waals surface area contributed by atoms with Crippen LogP contribution in [0.4, 0.5) is 13.2 Å². The zero-order chi connectivity index (χ0) is 8.36. The molecule has 60 valence electrons. The molecule has 0 aromatic rings. The molecule has 0 fully saturated rings. The summed E-state index contributed by atoms with van der Waals surface area (Å²) in [5.41, 5.74) is 0. The van der Waals surface area contributed by atoms with Crippen LogP contribution in [0.3, 0.4) is 0 Å². The van der Waals surface area contributed by atoms with E-state index in [4.69, 9.17) is 0 Å². The second kappa shape index (κ2) is 3.23. The standard InChI is InChI=1S/C4H4BrF3O2/c1-10-3(9)2(5)4(6,7)8/h2H,1H3/t2-/m1/s1. The van der Waals surface area contributed by atoms with Crippen molar-refractivity contribution in [3.63, 3.8) is 0 Å². The number of halogens is 4. The molecule has 0 aromatic heterocycles. The lowest BCUT2D eigenvalue weighted by Gasteiger charge is -2.10. The lowest BCUT2D eigenvalue weighted by atomic mass is 10.4. The zero-order valence-electron chi connectivity index (χ0n) is 4.91. The van der Waals surface area contributed by atoms with E-state index in [0.717, 1.165) is 7.11 Å². The van der Waals surface area contributed by atoms with Gasteiger partial charge in [-0.3, -0.25) is 4.79 Å². The van der Waals surface area contributed by atoms with Crippen molar-refractivity contribution in [3.8, 4) is 0 Å². The minimum atomic E-state index is -4.58. The van der Waals surface area contributed by atoms with Crippen LogP contribution in [-0.4, -0.2) is 24.1 Å². The molecule has 0 radical (unpaired) electrons. The quantitative estimate of drug-likeness (QED) is 0.495. The molecular formula is C4H4BrF3O2. The first-order valence-corrected chi connectivity index (χ1v) is 3.09. The van der Waals surface area contributed by atoms with E-state index in [1.54, 1.807) is 0 Å². The first-order valence-electron chi connectivity index (χ1n) is 2.18. The Balaban J connectivity index is 4.08. The number of carbonyl (C=O) groups is 1. The van der Waals surface area contributed by atoms with Gasteiger partial charge in [0, 0.05) is 0 Å². The Kier molecular flexibility index (Phi) is 3.14. The Bertz CT molecular complexity index is 133. The molecule has 6 heteroatoms. The molecule has 0 saturated carbocycles. The van der Waals surface area contributed by atoms with E-state index in [0.29, 0.717) is 0 Å². The van der Waals surface area contributed by atoms with Crippen molar-refractivity contribution < 1.29 is 22.7 Å². The van der Waals surface area contributed by atoms with Gasteiger partial charge >= 0.3 is 12.1 Å². The van der Waals surface area contributed by atoms with Gasteiger partial charge in [-0.2, -0.15) is 13.2 Å². The van der Waals surface area contributed by atoms with Crippen LogP contribution in [0.15, 0.2) is 0 Å². The minimum absolute atomic E-state index is 0.891. The van der Waals surface area contributed by atoms with Crippen molar-refractivity contribution >= 4 is 21.9 Å². The van der Waals surface area contributed by atoms with Gasteiger partial charge < -0.3 is 4.74 Å². The predicted octanol–water partition coefficient (Wildman–Crippen LogP) is 1.49. The summed E-state index contributed by atoms with van der Waals surface area (Å²) in [5.74, 6) is -1.34. The maximum Gasteiger partial charge on any atom is 0.411 e. The summed E-state index contributed by atoms with van der Waals surface area (Å²) in [4.78, 5) is 7.95. The van der Waals surface area contributed by atoms with Crippen molar-refractivity contribution in [1.29, 1.82) is 0 Å². The third-order valence-electron chi connectivity index (χ3n) is 0.696. The molecule has 0 unspecified atom stereocenters. The number of alkyl halides is 4. The Morgan fingerprint density at radius 1 is 1.60 bits per heavy atom. The van der Waals surface area contributed by atoms with E-state index < -0.39 is 17.0 Å². The Morgan fingerprint density at radius 3 is 2.10 bits per heavy atom. The third kappa shape index (κ3) is 2.55. The van der Waals surface area contributed by atoms with Gasteiger partial charge in [0.15, 0.2) is 0 Å². The Hall–Kier alpha value is -0.260. The van der Waals surface area contributed by atoms with Gasteiger partial charge in [0.25, 0.3) is 0 Å². The molecule has 0 N–H and O–H groups in total. The van der Waals surface area contributed by atoms with Crippen molar-refractivity contribution in [1.82, 2.24) is 0 Å². The van der Waals surface area contributed by atoms with Crippen LogP contribution < -0.4 is 0 Å². The molecule has 0 aliphatic carbocycles. The zero-order valence-corrected chi connectivity index (χ0v) is 6.49. The van der Waals surface area contributed by atoms with Gasteiger partial charge in [0.1, 0.15) is 0 Å². The van der Waals surface area contributed by atoms with Gasteiger partial charge in [-0.05, 0) is 0 Å². The first-order chi connectivity index (χ1) is 4.39. The van der Waals surface area contributed by atoms with E-state index >= 15 is 0 Å². The lowest BCUT2D eigenvalue weighted by molar-refractivity contribution is -0.164. The van der Waals surface area contributed by atoms with Crippen LogP contribution in [0.1, 0.15) is 0 Å². The smallest absolute Gasteiger partial charge is 0.411 e. The van der Waals surface area contributed by atoms with E-state index in [9.17, 15) is 18.0 Å². The van der Waals surface area contributed by atoms with Crippen molar-refractivity contribution in [2.75, 3.05) is 7.11 Å². The highest BCUT2D eigenvalue weighted by molar-refractivity contribution is 9.10. The van der Waals surface area contributed by atoms with E-state index in [-0.39, 0.29) is 0 Å². The van der Waals surface area contributed by atoms with Crippen LogP contribution >= 0.6 is 15.9 Å². The maximum atomic E-state index is 11.5. The average molecular weight is 221 g/mol. The number of hydrogen-bond acceptors (Lipinski definition) is 2. The number of rotatable bonds is 1. The number of esters is 1. The fourth-order valence-corrected chi connectivity index (χ4v) is 0.424. The summed E-state index contributed by atoms with van der Waals surface area (Å²) < 4.78 is 38.4. The lowest BCUT2D eigenvalue weighted by Crippen LogP contribution is -2.31. The largest absolute Gasteiger partial charge is 0.468 e. The van der Waals surface area contributed by atoms with Crippen LogP contribution in [0.25, 0.3) is 0 Å². The monoisotopic (exact) mass is 220 g/mol. The molecular weight excluding hydrogens is 217 g/mol. The van der Waals surface area contributed by atoms with Gasteiger partial charge in [0.2, 0.25) is 4.83 Å². The normalized spacial score (nSPS) is 14.5. The van der Waals surface area contributed by atoms with Crippen LogP contribution in [0.2, 0.25) is 0 Å². The van der Waals surface area contributed by atoms with Gasteiger partial charge in [0.05, 0.1) is 7.11 Å². The van der Waals surface area contributed by atoms with E-state index in [1.165, 1.54) is 0 Å². The van der Waals surface area contributed by atoms with Crippen molar-refractivity contribution in [3.05, 3.63) is 0 Å². The Morgan fingerprint density at radius 2 is 2.00 bits per heavy atom. The SMILES string of the molecule is COC(=O)[C@@H](Br)C(F)(F)F. The highest BCUT2D eigenvalue weighted by atomic mass is 79.9. The molecule has 10 heavy (non-hydrogen) atoms. The molecule has 1 atom stereocenters. The fourth-order valence-electron chi connectivity index (χ4n) is 0.237. The molecule has 0 saturated heterocycles. The number of methoxy groups -OCH3 is 1. The predicted molar refractivity (Wildman–Crippen MR) is 30.8 cm³/mol. The Labute approximate surface area is 63.5 Å². The van der Waals surface area contributed by atoms with Crippen molar-refractivity contribution in [2.45, 2.75) is 11.0 Å². The molecule has 0 heterocycles. The average Bonchev–Trinajstić information content (AvgIpc) is 1.83. The summed E-state index contributed by atoms with van der Waals surface area (Å²) in [6.07, 6.45) is -4.58. The summed E-state index contributed by atoms with van der Waals surface area (Å²) >= 11 is 2.12. The van der Waals surface area contributed by atoms with Crippen LogP contribution in [0.5, 0.6) is 0 Å². The van der Waals surface area contributed by atoms with Crippen LogP contribution in [0, 0.1) is 0 Å². The molecule has 0 aromatic carbocycles. The number of carbonyl (C=O) groups excluding carboxylic acids is 1. The summed E-state index contributed by atoms with van der Waals surface area (Å²) in [5, 5.41) is 0. The summed E-state index contributed by atoms with van der Waals surface area (Å²) in [6.45, 7) is 0.